The molecule has 7 heteroatoms. The summed E-state index contributed by atoms with van der Waals surface area (Å²) in [7, 11) is 1.51. The highest BCUT2D eigenvalue weighted by molar-refractivity contribution is 5.81. The predicted octanol–water partition coefficient (Wildman–Crippen LogP) is 1.85. The van der Waals surface area contributed by atoms with E-state index in [-0.39, 0.29) is 12.5 Å². The standard InChI is InChI=1S/C19H25FN2O4/c1-13(23)26-12-18(24)22-9-7-15(8-10-22)14-3-5-16(6-4-14)19(25-2)17(21)11-20/h3-7,17,19H,8-12,21H2,1-2H3. The van der Waals surface area contributed by atoms with Gasteiger partial charge in [0.2, 0.25) is 0 Å². The van der Waals surface area contributed by atoms with Crippen LogP contribution in [-0.2, 0) is 19.1 Å². The zero-order chi connectivity index (χ0) is 19.1. The molecule has 6 nitrogen and oxygen atoms in total. The Labute approximate surface area is 152 Å². The number of nitrogens with two attached hydrogens (primary N) is 1. The number of benzene rings is 1. The summed E-state index contributed by atoms with van der Waals surface area (Å²) < 4.78 is 22.8. The number of amides is 1. The Hall–Kier alpha value is -2.25. The summed E-state index contributed by atoms with van der Waals surface area (Å²) in [5, 5.41) is 0. The molecule has 0 fully saturated rings. The van der Waals surface area contributed by atoms with E-state index in [1.807, 2.05) is 30.3 Å². The Balaban J connectivity index is 2.00. The van der Waals surface area contributed by atoms with Crippen LogP contribution >= 0.6 is 0 Å². The summed E-state index contributed by atoms with van der Waals surface area (Å²) in [6.07, 6.45) is 2.22. The first kappa shape index (κ1) is 20.1. The molecule has 1 amide bonds. The van der Waals surface area contributed by atoms with Gasteiger partial charge in [-0.2, -0.15) is 0 Å². The van der Waals surface area contributed by atoms with E-state index >= 15 is 0 Å². The van der Waals surface area contributed by atoms with Gasteiger partial charge in [0, 0.05) is 27.1 Å². The predicted molar refractivity (Wildman–Crippen MR) is 95.9 cm³/mol. The highest BCUT2D eigenvalue weighted by Gasteiger charge is 2.21. The number of hydrogen-bond donors (Lipinski definition) is 1. The van der Waals surface area contributed by atoms with E-state index in [4.69, 9.17) is 15.2 Å². The number of ether oxygens (including phenoxy) is 2. The molecule has 0 spiro atoms. The largest absolute Gasteiger partial charge is 0.456 e. The molecule has 26 heavy (non-hydrogen) atoms. The van der Waals surface area contributed by atoms with E-state index in [2.05, 4.69) is 0 Å². The second kappa shape index (κ2) is 9.45. The minimum absolute atomic E-state index is 0.200. The van der Waals surface area contributed by atoms with Crippen molar-refractivity contribution in [1.29, 1.82) is 0 Å². The lowest BCUT2D eigenvalue weighted by molar-refractivity contribution is -0.150. The highest BCUT2D eigenvalue weighted by Crippen LogP contribution is 2.26. The van der Waals surface area contributed by atoms with Crippen LogP contribution in [0.4, 0.5) is 4.39 Å². The molecular formula is C19H25FN2O4. The summed E-state index contributed by atoms with van der Waals surface area (Å²) in [6, 6.07) is 6.98. The van der Waals surface area contributed by atoms with Crippen LogP contribution < -0.4 is 5.73 Å². The summed E-state index contributed by atoms with van der Waals surface area (Å²) in [5.74, 6) is -0.664. The molecule has 2 rings (SSSR count). The zero-order valence-corrected chi connectivity index (χ0v) is 15.1. The average Bonchev–Trinajstić information content (AvgIpc) is 2.67. The molecule has 0 bridgehead atoms. The third-order valence-corrected chi connectivity index (χ3v) is 4.39. The first-order valence-corrected chi connectivity index (χ1v) is 8.51. The van der Waals surface area contributed by atoms with Crippen molar-refractivity contribution in [2.45, 2.75) is 25.5 Å². The Morgan fingerprint density at radius 3 is 2.50 bits per heavy atom. The van der Waals surface area contributed by atoms with E-state index < -0.39 is 24.8 Å². The number of alkyl halides is 1. The van der Waals surface area contributed by atoms with Gasteiger partial charge in [-0.15, -0.1) is 0 Å². The quantitative estimate of drug-likeness (QED) is 0.747. The minimum atomic E-state index is -0.698. The zero-order valence-electron chi connectivity index (χ0n) is 15.1. The van der Waals surface area contributed by atoms with Crippen LogP contribution in [0, 0.1) is 0 Å². The molecule has 1 aromatic carbocycles. The maximum atomic E-state index is 12.8. The number of carbonyl (C=O) groups is 2. The van der Waals surface area contributed by atoms with Crippen molar-refractivity contribution in [2.24, 2.45) is 5.73 Å². The third kappa shape index (κ3) is 5.12. The molecule has 2 N–H and O–H groups in total. The van der Waals surface area contributed by atoms with Crippen LogP contribution in [0.5, 0.6) is 0 Å². The summed E-state index contributed by atoms with van der Waals surface area (Å²) >= 11 is 0. The number of carbonyl (C=O) groups excluding carboxylic acids is 2. The van der Waals surface area contributed by atoms with Crippen molar-refractivity contribution >= 4 is 17.4 Å². The SMILES string of the molecule is COC(c1ccc(C2=CCN(C(=O)COC(C)=O)CC2)cc1)C(N)CF. The van der Waals surface area contributed by atoms with Crippen LogP contribution in [0.15, 0.2) is 30.3 Å². The van der Waals surface area contributed by atoms with Crippen molar-refractivity contribution in [3.05, 3.63) is 41.5 Å². The summed E-state index contributed by atoms with van der Waals surface area (Å²) in [6.45, 7) is 1.45. The van der Waals surface area contributed by atoms with Gasteiger partial charge in [0.1, 0.15) is 6.67 Å². The fourth-order valence-corrected chi connectivity index (χ4v) is 2.94. The summed E-state index contributed by atoms with van der Waals surface area (Å²) in [4.78, 5) is 24.4. The van der Waals surface area contributed by atoms with Gasteiger partial charge < -0.3 is 20.1 Å². The van der Waals surface area contributed by atoms with Crippen molar-refractivity contribution in [2.75, 3.05) is 33.5 Å². The van der Waals surface area contributed by atoms with Crippen LogP contribution in [0.2, 0.25) is 0 Å². The molecule has 1 aliphatic heterocycles. The molecule has 1 aliphatic rings. The molecular weight excluding hydrogens is 339 g/mol. The van der Waals surface area contributed by atoms with Crippen LogP contribution in [0.3, 0.4) is 0 Å². The Morgan fingerprint density at radius 2 is 2.00 bits per heavy atom. The van der Waals surface area contributed by atoms with Gasteiger partial charge in [-0.05, 0) is 23.1 Å². The molecule has 2 atom stereocenters. The molecule has 0 saturated heterocycles. The number of rotatable bonds is 7. The first-order valence-electron chi connectivity index (χ1n) is 8.51. The smallest absolute Gasteiger partial charge is 0.303 e. The molecule has 2 unspecified atom stereocenters. The minimum Gasteiger partial charge on any atom is -0.456 e. The van der Waals surface area contributed by atoms with Crippen molar-refractivity contribution in [1.82, 2.24) is 4.90 Å². The molecule has 0 aliphatic carbocycles. The van der Waals surface area contributed by atoms with Gasteiger partial charge in [0.05, 0.1) is 12.1 Å². The van der Waals surface area contributed by atoms with Gasteiger partial charge in [-0.1, -0.05) is 30.3 Å². The monoisotopic (exact) mass is 364 g/mol. The summed E-state index contributed by atoms with van der Waals surface area (Å²) in [5.41, 5.74) is 8.76. The highest BCUT2D eigenvalue weighted by atomic mass is 19.1. The van der Waals surface area contributed by atoms with E-state index in [0.717, 1.165) is 16.7 Å². The fraction of sp³-hybridized carbons (Fsp3) is 0.474. The maximum absolute atomic E-state index is 12.8. The van der Waals surface area contributed by atoms with Gasteiger partial charge >= 0.3 is 5.97 Å². The number of methoxy groups -OCH3 is 1. The van der Waals surface area contributed by atoms with E-state index in [9.17, 15) is 14.0 Å². The topological polar surface area (TPSA) is 81.9 Å². The lowest BCUT2D eigenvalue weighted by Gasteiger charge is -2.27. The number of esters is 1. The Bertz CT molecular complexity index is 660. The van der Waals surface area contributed by atoms with Crippen LogP contribution in [0.1, 0.15) is 30.6 Å². The lowest BCUT2D eigenvalue weighted by Crippen LogP contribution is -2.37. The van der Waals surface area contributed by atoms with Crippen molar-refractivity contribution in [3.63, 3.8) is 0 Å². The van der Waals surface area contributed by atoms with Crippen molar-refractivity contribution < 1.29 is 23.5 Å². The molecule has 1 heterocycles. The Kier molecular flexibility index (Phi) is 7.29. The third-order valence-electron chi connectivity index (χ3n) is 4.39. The van der Waals surface area contributed by atoms with E-state index in [0.29, 0.717) is 19.5 Å². The second-order valence-corrected chi connectivity index (χ2v) is 6.20. The normalized spacial score (nSPS) is 16.6. The maximum Gasteiger partial charge on any atom is 0.303 e. The molecule has 142 valence electrons. The van der Waals surface area contributed by atoms with Gasteiger partial charge in [0.25, 0.3) is 5.91 Å². The van der Waals surface area contributed by atoms with Crippen LogP contribution in [-0.4, -0.2) is 56.3 Å². The number of halogens is 1. The van der Waals surface area contributed by atoms with E-state index in [1.54, 1.807) is 4.90 Å². The molecule has 0 aromatic heterocycles. The second-order valence-electron chi connectivity index (χ2n) is 6.20. The Morgan fingerprint density at radius 1 is 1.31 bits per heavy atom. The van der Waals surface area contributed by atoms with Gasteiger partial charge in [-0.3, -0.25) is 9.59 Å². The first-order chi connectivity index (χ1) is 12.5. The van der Waals surface area contributed by atoms with Crippen LogP contribution in [0.25, 0.3) is 5.57 Å². The number of hydrogen-bond acceptors (Lipinski definition) is 5. The van der Waals surface area contributed by atoms with E-state index in [1.165, 1.54) is 14.0 Å². The fourth-order valence-electron chi connectivity index (χ4n) is 2.94. The van der Waals surface area contributed by atoms with Gasteiger partial charge in [0.15, 0.2) is 6.61 Å². The van der Waals surface area contributed by atoms with Gasteiger partial charge in [-0.25, -0.2) is 4.39 Å². The molecule has 0 radical (unpaired) electrons. The molecule has 1 aromatic rings. The lowest BCUT2D eigenvalue weighted by atomic mass is 9.96. The average molecular weight is 364 g/mol. The van der Waals surface area contributed by atoms with Crippen molar-refractivity contribution in [3.8, 4) is 0 Å². The number of nitrogens with zero attached hydrogens (tertiary/aromatic N) is 1. The molecule has 0 saturated carbocycles.